The molecule has 0 fully saturated rings. The van der Waals surface area contributed by atoms with Gasteiger partial charge in [-0.2, -0.15) is 0 Å². The van der Waals surface area contributed by atoms with Crippen LogP contribution in [0.15, 0.2) is 0 Å². The van der Waals surface area contributed by atoms with E-state index in [1.807, 2.05) is 0 Å². The summed E-state index contributed by atoms with van der Waals surface area (Å²) in [4.78, 5) is 20.7. The van der Waals surface area contributed by atoms with Gasteiger partial charge in [0, 0.05) is 6.92 Å². The van der Waals surface area contributed by atoms with Gasteiger partial charge in [-0.25, -0.2) is 5.32 Å². The van der Waals surface area contributed by atoms with Crippen molar-refractivity contribution in [2.24, 2.45) is 0 Å². The lowest BCUT2D eigenvalue weighted by atomic mass is 10.6. The van der Waals surface area contributed by atoms with Crippen LogP contribution < -0.4 is 5.32 Å². The summed E-state index contributed by atoms with van der Waals surface area (Å²) < 4.78 is 4.51. The van der Waals surface area contributed by atoms with Gasteiger partial charge >= 0.3 is 5.97 Å². The van der Waals surface area contributed by atoms with Gasteiger partial charge in [-0.05, 0) is 6.92 Å². The zero-order chi connectivity index (χ0) is 7.98. The number of amides is 1. The molecule has 4 heteroatoms. The number of esters is 1. The first-order valence-corrected chi connectivity index (χ1v) is 3.00. The standard InChI is InChI=1S/C6H10NO3/c1-3-10-6(9)4-7-5(2)8/h3-4H2,1-2H3. The number of carbonyl (C=O) groups is 2. The predicted octanol–water partition coefficient (Wildman–Crippen LogP) is -0.300. The van der Waals surface area contributed by atoms with Crippen LogP contribution in [0.1, 0.15) is 13.8 Å². The normalized spacial score (nSPS) is 8.60. The zero-order valence-corrected chi connectivity index (χ0v) is 6.09. The Morgan fingerprint density at radius 2 is 2.10 bits per heavy atom. The Bertz CT molecular complexity index is 133. The van der Waals surface area contributed by atoms with Gasteiger partial charge in [0.2, 0.25) is 5.91 Å². The number of nitrogens with zero attached hydrogens (tertiary/aromatic N) is 1. The van der Waals surface area contributed by atoms with Crippen LogP contribution in [-0.2, 0) is 14.3 Å². The van der Waals surface area contributed by atoms with Gasteiger partial charge < -0.3 is 4.74 Å². The minimum Gasteiger partial charge on any atom is -0.465 e. The largest absolute Gasteiger partial charge is 0.465 e. The molecule has 0 aromatic heterocycles. The van der Waals surface area contributed by atoms with E-state index in [0.29, 0.717) is 6.61 Å². The Kier molecular flexibility index (Phi) is 4.28. The number of hydrogen-bond acceptors (Lipinski definition) is 3. The summed E-state index contributed by atoms with van der Waals surface area (Å²) >= 11 is 0. The molecule has 0 aliphatic carbocycles. The fraction of sp³-hybridized carbons (Fsp3) is 0.667. The third-order valence-corrected chi connectivity index (χ3v) is 0.736. The summed E-state index contributed by atoms with van der Waals surface area (Å²) in [6.07, 6.45) is 0. The average molecular weight is 144 g/mol. The van der Waals surface area contributed by atoms with E-state index < -0.39 is 5.97 Å². The first-order chi connectivity index (χ1) is 4.66. The quantitative estimate of drug-likeness (QED) is 0.511. The topological polar surface area (TPSA) is 57.5 Å². The van der Waals surface area contributed by atoms with Crippen molar-refractivity contribution in [3.05, 3.63) is 0 Å². The van der Waals surface area contributed by atoms with E-state index in [9.17, 15) is 9.59 Å². The van der Waals surface area contributed by atoms with Crippen molar-refractivity contribution in [1.82, 2.24) is 5.32 Å². The molecule has 0 rings (SSSR count). The maximum Gasteiger partial charge on any atom is 0.327 e. The molecule has 0 aliphatic heterocycles. The van der Waals surface area contributed by atoms with Gasteiger partial charge in [0.15, 0.2) is 0 Å². The van der Waals surface area contributed by atoms with Gasteiger partial charge in [0.1, 0.15) is 6.54 Å². The highest BCUT2D eigenvalue weighted by Gasteiger charge is 2.02. The Labute approximate surface area is 59.6 Å². The molecule has 0 atom stereocenters. The summed E-state index contributed by atoms with van der Waals surface area (Å²) in [5.41, 5.74) is 0. The van der Waals surface area contributed by atoms with Crippen molar-refractivity contribution in [3.63, 3.8) is 0 Å². The van der Waals surface area contributed by atoms with E-state index in [-0.39, 0.29) is 12.5 Å². The van der Waals surface area contributed by atoms with Crippen LogP contribution in [0, 0.1) is 0 Å². The van der Waals surface area contributed by atoms with Crippen molar-refractivity contribution >= 4 is 11.9 Å². The van der Waals surface area contributed by atoms with E-state index in [0.717, 1.165) is 0 Å². The van der Waals surface area contributed by atoms with Crippen LogP contribution in [0.3, 0.4) is 0 Å². The van der Waals surface area contributed by atoms with Crippen LogP contribution in [0.25, 0.3) is 0 Å². The van der Waals surface area contributed by atoms with E-state index >= 15 is 0 Å². The summed E-state index contributed by atoms with van der Waals surface area (Å²) in [6.45, 7) is 3.15. The minimum absolute atomic E-state index is 0.164. The van der Waals surface area contributed by atoms with Gasteiger partial charge in [0.25, 0.3) is 0 Å². The monoisotopic (exact) mass is 144 g/mol. The molecule has 0 aliphatic rings. The molecule has 57 valence electrons. The van der Waals surface area contributed by atoms with E-state index in [1.165, 1.54) is 6.92 Å². The molecule has 0 spiro atoms. The minimum atomic E-state index is -0.460. The second kappa shape index (κ2) is 4.78. The van der Waals surface area contributed by atoms with Gasteiger partial charge in [0.05, 0.1) is 6.61 Å². The van der Waals surface area contributed by atoms with Crippen molar-refractivity contribution in [2.45, 2.75) is 13.8 Å². The van der Waals surface area contributed by atoms with Crippen LogP contribution >= 0.6 is 0 Å². The lowest BCUT2D eigenvalue weighted by Gasteiger charge is -1.98. The van der Waals surface area contributed by atoms with E-state index in [1.54, 1.807) is 6.92 Å². The number of carbonyl (C=O) groups excluding carboxylic acids is 2. The van der Waals surface area contributed by atoms with Crippen LogP contribution in [0.2, 0.25) is 0 Å². The zero-order valence-electron chi connectivity index (χ0n) is 6.09. The molecule has 0 unspecified atom stereocenters. The van der Waals surface area contributed by atoms with E-state index in [4.69, 9.17) is 0 Å². The van der Waals surface area contributed by atoms with Gasteiger partial charge in [-0.3, -0.25) is 9.59 Å². The van der Waals surface area contributed by atoms with Gasteiger partial charge in [-0.1, -0.05) is 0 Å². The molecule has 1 amide bonds. The lowest BCUT2D eigenvalue weighted by molar-refractivity contribution is -0.143. The number of ether oxygens (including phenoxy) is 1. The number of rotatable bonds is 3. The summed E-state index contributed by atoms with van der Waals surface area (Å²) in [5.74, 6) is -0.814. The lowest BCUT2D eigenvalue weighted by Crippen LogP contribution is -2.22. The fourth-order valence-electron chi connectivity index (χ4n) is 0.383. The Morgan fingerprint density at radius 3 is 2.50 bits per heavy atom. The Balaban J connectivity index is 3.30. The molecule has 1 radical (unpaired) electrons. The summed E-state index contributed by atoms with van der Waals surface area (Å²) in [6, 6.07) is 0. The Hall–Kier alpha value is -1.06. The van der Waals surface area contributed by atoms with Gasteiger partial charge in [-0.15, -0.1) is 0 Å². The number of hydrogen-bond donors (Lipinski definition) is 0. The Morgan fingerprint density at radius 1 is 1.50 bits per heavy atom. The molecule has 0 saturated heterocycles. The molecule has 0 N–H and O–H groups in total. The van der Waals surface area contributed by atoms with Crippen LogP contribution in [-0.4, -0.2) is 25.0 Å². The highest BCUT2D eigenvalue weighted by molar-refractivity contribution is 5.79. The van der Waals surface area contributed by atoms with E-state index in [2.05, 4.69) is 10.1 Å². The summed E-state index contributed by atoms with van der Waals surface area (Å²) in [5, 5.41) is 3.33. The van der Waals surface area contributed by atoms with Crippen molar-refractivity contribution in [1.29, 1.82) is 0 Å². The van der Waals surface area contributed by atoms with Crippen molar-refractivity contribution in [2.75, 3.05) is 13.2 Å². The molecule has 0 aromatic rings. The predicted molar refractivity (Wildman–Crippen MR) is 34.3 cm³/mol. The molecule has 0 saturated carbocycles. The highest BCUT2D eigenvalue weighted by Crippen LogP contribution is 1.75. The molecule has 10 heavy (non-hydrogen) atoms. The second-order valence-electron chi connectivity index (χ2n) is 1.64. The van der Waals surface area contributed by atoms with Crippen LogP contribution in [0.5, 0.6) is 0 Å². The maximum absolute atomic E-state index is 10.5. The fourth-order valence-corrected chi connectivity index (χ4v) is 0.383. The SMILES string of the molecule is CCOC(=O)C[N]C(C)=O. The van der Waals surface area contributed by atoms with Crippen molar-refractivity contribution < 1.29 is 14.3 Å². The second-order valence-corrected chi connectivity index (χ2v) is 1.64. The average Bonchev–Trinajstić information content (AvgIpc) is 1.85. The van der Waals surface area contributed by atoms with Crippen LogP contribution in [0.4, 0.5) is 0 Å². The molecular formula is C6H10NO3. The highest BCUT2D eigenvalue weighted by atomic mass is 16.5. The third kappa shape index (κ3) is 5.08. The van der Waals surface area contributed by atoms with Crippen molar-refractivity contribution in [3.8, 4) is 0 Å². The first kappa shape index (κ1) is 8.94. The molecule has 0 bridgehead atoms. The molecule has 0 aromatic carbocycles. The molecule has 0 heterocycles. The smallest absolute Gasteiger partial charge is 0.327 e. The molecular weight excluding hydrogens is 134 g/mol. The first-order valence-electron chi connectivity index (χ1n) is 3.00. The summed E-state index contributed by atoms with van der Waals surface area (Å²) in [7, 11) is 0. The molecule has 4 nitrogen and oxygen atoms in total. The third-order valence-electron chi connectivity index (χ3n) is 0.736. The maximum atomic E-state index is 10.5.